The zero-order valence-electron chi connectivity index (χ0n) is 21.4. The zero-order chi connectivity index (χ0) is 26.2. The topological polar surface area (TPSA) is 103 Å². The quantitative estimate of drug-likeness (QED) is 0.490. The van der Waals surface area contributed by atoms with E-state index in [2.05, 4.69) is 39.6 Å². The Morgan fingerprint density at radius 3 is 2.22 bits per heavy atom. The summed E-state index contributed by atoms with van der Waals surface area (Å²) < 4.78 is 18.1. The third-order valence-electron chi connectivity index (χ3n) is 7.36. The van der Waals surface area contributed by atoms with Crippen LogP contribution in [0.25, 0.3) is 17.2 Å². The largest absolute Gasteiger partial charge is 0.492 e. The molecule has 5 rings (SSSR count). The molecule has 2 heterocycles. The van der Waals surface area contributed by atoms with Gasteiger partial charge in [-0.25, -0.2) is 9.78 Å². The third kappa shape index (κ3) is 4.97. The number of aromatic nitrogens is 2. The van der Waals surface area contributed by atoms with E-state index >= 15 is 0 Å². The van der Waals surface area contributed by atoms with E-state index in [4.69, 9.17) is 14.0 Å². The van der Waals surface area contributed by atoms with Gasteiger partial charge in [-0.05, 0) is 61.5 Å². The Kier molecular flexibility index (Phi) is 6.51. The molecule has 8 nitrogen and oxygen atoms in total. The zero-order valence-corrected chi connectivity index (χ0v) is 21.4. The van der Waals surface area contributed by atoms with E-state index in [-0.39, 0.29) is 24.6 Å². The molecule has 0 saturated carbocycles. The van der Waals surface area contributed by atoms with Crippen LogP contribution in [-0.2, 0) is 14.0 Å². The molecular formula is C28H30BN3O5. The lowest BCUT2D eigenvalue weighted by molar-refractivity contribution is 0.00578. The van der Waals surface area contributed by atoms with Gasteiger partial charge < -0.3 is 24.3 Å². The number of carbonyl (C=O) groups is 1. The van der Waals surface area contributed by atoms with Crippen LogP contribution in [0, 0.1) is 0 Å². The molecule has 1 aliphatic carbocycles. The molecule has 0 unspecified atom stereocenters. The van der Waals surface area contributed by atoms with E-state index < -0.39 is 24.4 Å². The van der Waals surface area contributed by atoms with Crippen molar-refractivity contribution < 1.29 is 18.8 Å². The van der Waals surface area contributed by atoms with Gasteiger partial charge in [0.05, 0.1) is 23.1 Å². The van der Waals surface area contributed by atoms with Crippen molar-refractivity contribution in [1.29, 1.82) is 0 Å². The molecule has 2 aromatic carbocycles. The summed E-state index contributed by atoms with van der Waals surface area (Å²) in [6, 6.07) is 16.4. The molecule has 1 amide bonds. The van der Waals surface area contributed by atoms with Crippen LogP contribution in [0.15, 0.2) is 71.2 Å². The summed E-state index contributed by atoms with van der Waals surface area (Å²) in [5.74, 6) is -0.0263. The Labute approximate surface area is 216 Å². The van der Waals surface area contributed by atoms with Gasteiger partial charge >= 0.3 is 13.2 Å². The summed E-state index contributed by atoms with van der Waals surface area (Å²) in [6.07, 6.45) is 3.90. The molecule has 1 aromatic heterocycles. The Bertz CT molecular complexity index is 1330. The fourth-order valence-corrected chi connectivity index (χ4v) is 4.64. The van der Waals surface area contributed by atoms with Gasteiger partial charge in [-0.2, -0.15) is 0 Å². The lowest BCUT2D eigenvalue weighted by Crippen LogP contribution is -2.41. The van der Waals surface area contributed by atoms with Crippen LogP contribution in [0.5, 0.6) is 0 Å². The second kappa shape index (κ2) is 9.65. The first-order valence-electron chi connectivity index (χ1n) is 12.3. The number of hydrogen-bond donors (Lipinski definition) is 2. The number of hydrogen-bond acceptors (Lipinski definition) is 6. The molecule has 9 heteroatoms. The minimum atomic E-state index is -0.701. The van der Waals surface area contributed by atoms with Crippen molar-refractivity contribution in [3.05, 3.63) is 93.6 Å². The number of aromatic amines is 1. The highest BCUT2D eigenvalue weighted by Gasteiger charge is 2.52. The Hall–Kier alpha value is -3.69. The van der Waals surface area contributed by atoms with Crippen molar-refractivity contribution in [2.75, 3.05) is 13.2 Å². The van der Waals surface area contributed by atoms with Gasteiger partial charge in [0.15, 0.2) is 0 Å². The van der Waals surface area contributed by atoms with Crippen LogP contribution >= 0.6 is 0 Å². The monoisotopic (exact) mass is 499 g/mol. The van der Waals surface area contributed by atoms with Crippen LogP contribution in [-0.4, -0.2) is 47.5 Å². The summed E-state index contributed by atoms with van der Waals surface area (Å²) in [4.78, 5) is 31.0. The predicted octanol–water partition coefficient (Wildman–Crippen LogP) is 4.32. The van der Waals surface area contributed by atoms with Gasteiger partial charge in [-0.3, -0.25) is 4.79 Å². The number of amides is 1. The second-order valence-electron chi connectivity index (χ2n) is 10.3. The van der Waals surface area contributed by atoms with E-state index in [0.717, 1.165) is 11.1 Å². The number of nitrogens with one attached hydrogen (secondary N) is 2. The van der Waals surface area contributed by atoms with E-state index in [1.165, 1.54) is 23.5 Å². The Morgan fingerprint density at radius 1 is 1.05 bits per heavy atom. The SMILES string of the molecule is CC1(C)OB(C(=Cc2c[nH]c(=O)cn2)CNC(=O)OCC2c3ccccc3-c3ccccc32)OC1(C)C. The maximum Gasteiger partial charge on any atom is 0.492 e. The van der Waals surface area contributed by atoms with Crippen molar-refractivity contribution in [1.82, 2.24) is 15.3 Å². The second-order valence-corrected chi connectivity index (χ2v) is 10.3. The van der Waals surface area contributed by atoms with Gasteiger partial charge in [0.25, 0.3) is 5.56 Å². The van der Waals surface area contributed by atoms with Crippen LogP contribution < -0.4 is 10.9 Å². The van der Waals surface area contributed by atoms with Crippen molar-refractivity contribution >= 4 is 19.3 Å². The Balaban J connectivity index is 1.29. The van der Waals surface area contributed by atoms with Crippen molar-refractivity contribution in [3.8, 4) is 11.1 Å². The van der Waals surface area contributed by atoms with Crippen LogP contribution in [0.1, 0.15) is 50.4 Å². The fourth-order valence-electron chi connectivity index (χ4n) is 4.64. The molecule has 190 valence electrons. The fraction of sp³-hybridized carbons (Fsp3) is 0.321. The summed E-state index contributed by atoms with van der Waals surface area (Å²) >= 11 is 0. The van der Waals surface area contributed by atoms with E-state index in [9.17, 15) is 9.59 Å². The molecular weight excluding hydrogens is 469 g/mol. The minimum absolute atomic E-state index is 0.0263. The van der Waals surface area contributed by atoms with Crippen molar-refractivity contribution in [3.63, 3.8) is 0 Å². The highest BCUT2D eigenvalue weighted by molar-refractivity contribution is 6.56. The summed E-state index contributed by atoms with van der Waals surface area (Å²) in [5, 5.41) is 2.83. The maximum atomic E-state index is 12.8. The average molecular weight is 499 g/mol. The number of nitrogens with zero attached hydrogens (tertiary/aromatic N) is 1. The van der Waals surface area contributed by atoms with E-state index in [1.54, 1.807) is 6.08 Å². The molecule has 0 spiro atoms. The number of rotatable bonds is 6. The van der Waals surface area contributed by atoms with Gasteiger partial charge in [0.2, 0.25) is 0 Å². The lowest BCUT2D eigenvalue weighted by Gasteiger charge is -2.32. The summed E-state index contributed by atoms with van der Waals surface area (Å²) in [5.41, 5.74) is 4.39. The van der Waals surface area contributed by atoms with Crippen molar-refractivity contribution in [2.24, 2.45) is 0 Å². The summed E-state index contributed by atoms with van der Waals surface area (Å²) in [6.45, 7) is 8.18. The van der Waals surface area contributed by atoms with Crippen molar-refractivity contribution in [2.45, 2.75) is 44.8 Å². The molecule has 1 aliphatic heterocycles. The van der Waals surface area contributed by atoms with Gasteiger partial charge in [0.1, 0.15) is 6.61 Å². The molecule has 2 N–H and O–H groups in total. The maximum absolute atomic E-state index is 12.8. The first kappa shape index (κ1) is 25.0. The molecule has 3 aromatic rings. The average Bonchev–Trinajstić information content (AvgIpc) is 3.30. The van der Waals surface area contributed by atoms with E-state index in [1.807, 2.05) is 52.0 Å². The van der Waals surface area contributed by atoms with Gasteiger partial charge in [-0.1, -0.05) is 48.5 Å². The van der Waals surface area contributed by atoms with Crippen LogP contribution in [0.4, 0.5) is 4.79 Å². The Morgan fingerprint density at radius 2 is 1.65 bits per heavy atom. The minimum Gasteiger partial charge on any atom is -0.449 e. The standard InChI is InChI=1S/C28H30BN3O5/c1-27(2)28(3,4)37-29(36-27)18(13-19-15-31-25(33)16-30-19)14-32-26(34)35-17-24-22-11-7-5-9-20(22)21-10-6-8-12-23(21)24/h5-13,15-16,24H,14,17H2,1-4H3,(H,31,33)(H,32,34). The number of alkyl carbamates (subject to hydrolysis) is 1. The first-order valence-corrected chi connectivity index (χ1v) is 12.3. The molecule has 0 atom stereocenters. The number of ether oxygens (including phenoxy) is 1. The first-order chi connectivity index (χ1) is 17.6. The van der Waals surface area contributed by atoms with Crippen LogP contribution in [0.2, 0.25) is 0 Å². The molecule has 2 aliphatic rings. The molecule has 1 fully saturated rings. The number of fused-ring (bicyclic) bond motifs is 3. The molecule has 0 bridgehead atoms. The summed E-state index contributed by atoms with van der Waals surface area (Å²) in [7, 11) is -0.701. The van der Waals surface area contributed by atoms with Gasteiger partial charge in [0, 0.05) is 18.7 Å². The lowest BCUT2D eigenvalue weighted by atomic mass is 9.77. The number of carbonyl (C=O) groups excluding carboxylic acids is 1. The van der Waals surface area contributed by atoms with Gasteiger partial charge in [-0.15, -0.1) is 0 Å². The molecule has 1 saturated heterocycles. The highest BCUT2D eigenvalue weighted by Crippen LogP contribution is 2.44. The molecule has 37 heavy (non-hydrogen) atoms. The third-order valence-corrected chi connectivity index (χ3v) is 7.36. The normalized spacial score (nSPS) is 17.8. The molecule has 0 radical (unpaired) electrons. The number of benzene rings is 2. The van der Waals surface area contributed by atoms with Crippen LogP contribution in [0.3, 0.4) is 0 Å². The van der Waals surface area contributed by atoms with E-state index in [0.29, 0.717) is 11.2 Å². The number of H-pyrrole nitrogens is 1. The highest BCUT2D eigenvalue weighted by atomic mass is 16.7. The predicted molar refractivity (Wildman–Crippen MR) is 142 cm³/mol. The smallest absolute Gasteiger partial charge is 0.449 e.